The molecule has 21 heavy (non-hydrogen) atoms. The van der Waals surface area contributed by atoms with Gasteiger partial charge in [0.2, 0.25) is 5.91 Å². The van der Waals surface area contributed by atoms with Crippen LogP contribution < -0.4 is 5.73 Å². The Labute approximate surface area is 131 Å². The molecule has 1 aromatic rings. The van der Waals surface area contributed by atoms with Gasteiger partial charge in [-0.25, -0.2) is 0 Å². The van der Waals surface area contributed by atoms with Crippen LogP contribution in [0.3, 0.4) is 0 Å². The van der Waals surface area contributed by atoms with E-state index in [-0.39, 0.29) is 23.9 Å². The largest absolute Gasteiger partial charge is 0.333 e. The van der Waals surface area contributed by atoms with Crippen LogP contribution >= 0.6 is 11.6 Å². The first-order valence-corrected chi connectivity index (χ1v) is 8.28. The van der Waals surface area contributed by atoms with Gasteiger partial charge in [-0.3, -0.25) is 4.79 Å². The molecular formula is C17H23ClN2O. The summed E-state index contributed by atoms with van der Waals surface area (Å²) in [5.41, 5.74) is 7.02. The molecular weight excluding hydrogens is 284 g/mol. The van der Waals surface area contributed by atoms with Crippen molar-refractivity contribution >= 4 is 17.5 Å². The quantitative estimate of drug-likeness (QED) is 0.925. The molecule has 2 N–H and O–H groups in total. The maximum Gasteiger partial charge on any atom is 0.226 e. The smallest absolute Gasteiger partial charge is 0.226 e. The number of nitrogens with two attached hydrogens (primary N) is 1. The molecule has 0 bridgehead atoms. The minimum atomic E-state index is 0.0375. The Balaban J connectivity index is 1.81. The molecule has 2 saturated carbocycles. The van der Waals surface area contributed by atoms with Gasteiger partial charge in [0.1, 0.15) is 0 Å². The van der Waals surface area contributed by atoms with Crippen molar-refractivity contribution in [3.63, 3.8) is 0 Å². The number of hydrogen-bond acceptors (Lipinski definition) is 2. The molecule has 0 heterocycles. The van der Waals surface area contributed by atoms with Gasteiger partial charge in [-0.2, -0.15) is 0 Å². The van der Waals surface area contributed by atoms with Crippen molar-refractivity contribution in [1.82, 2.24) is 4.90 Å². The Bertz CT molecular complexity index is 529. The fraction of sp³-hybridized carbons (Fsp3) is 0.588. The predicted molar refractivity (Wildman–Crippen MR) is 85.1 cm³/mol. The number of carbonyl (C=O) groups excluding carboxylic acids is 1. The lowest BCUT2D eigenvalue weighted by molar-refractivity contribution is -0.138. The number of hydrogen-bond donors (Lipinski definition) is 1. The van der Waals surface area contributed by atoms with Crippen LogP contribution in [0.15, 0.2) is 24.3 Å². The summed E-state index contributed by atoms with van der Waals surface area (Å²) in [6.45, 7) is 2.09. The van der Waals surface area contributed by atoms with Crippen molar-refractivity contribution in [3.8, 4) is 0 Å². The normalized spacial score (nSPS) is 26.6. The number of benzene rings is 1. The van der Waals surface area contributed by atoms with E-state index < -0.39 is 0 Å². The van der Waals surface area contributed by atoms with E-state index in [2.05, 4.69) is 11.8 Å². The maximum atomic E-state index is 12.9. The summed E-state index contributed by atoms with van der Waals surface area (Å²) in [5.74, 6) is 0.378. The molecule has 1 aromatic carbocycles. The molecule has 3 nitrogen and oxygen atoms in total. The highest BCUT2D eigenvalue weighted by Gasteiger charge is 2.41. The van der Waals surface area contributed by atoms with Gasteiger partial charge in [-0.05, 0) is 50.7 Å². The zero-order valence-electron chi connectivity index (χ0n) is 12.5. The summed E-state index contributed by atoms with van der Waals surface area (Å²) in [6, 6.07) is 8.45. The fourth-order valence-electron chi connectivity index (χ4n) is 3.46. The predicted octanol–water partition coefficient (Wildman–Crippen LogP) is 3.52. The van der Waals surface area contributed by atoms with Crippen LogP contribution in [0.25, 0.3) is 0 Å². The van der Waals surface area contributed by atoms with Crippen LogP contribution in [-0.2, 0) is 4.79 Å². The highest BCUT2D eigenvalue weighted by atomic mass is 35.5. The van der Waals surface area contributed by atoms with Gasteiger partial charge in [0, 0.05) is 23.0 Å². The third-order valence-electron chi connectivity index (χ3n) is 4.79. The van der Waals surface area contributed by atoms with Crippen LogP contribution in [0.4, 0.5) is 0 Å². The van der Waals surface area contributed by atoms with Crippen LogP contribution in [0.2, 0.25) is 5.02 Å². The van der Waals surface area contributed by atoms with E-state index in [1.807, 2.05) is 24.3 Å². The van der Waals surface area contributed by atoms with Crippen LogP contribution in [0.1, 0.15) is 50.6 Å². The van der Waals surface area contributed by atoms with E-state index in [0.29, 0.717) is 6.04 Å². The average Bonchev–Trinajstić information content (AvgIpc) is 3.20. The Morgan fingerprint density at radius 3 is 2.57 bits per heavy atom. The molecule has 2 aliphatic carbocycles. The first kappa shape index (κ1) is 14.9. The molecule has 0 aromatic heterocycles. The van der Waals surface area contributed by atoms with Crippen LogP contribution in [-0.4, -0.2) is 22.9 Å². The number of carbonyl (C=O) groups is 1. The standard InChI is InChI=1S/C17H23ClN2O/c1-11(15-4-2-3-5-16(15)18)20(14-8-9-14)17(21)12-6-7-13(19)10-12/h2-5,11-14H,6-10,19H2,1H3/t11-,12-,13+/m1/s1. The van der Waals surface area contributed by atoms with Gasteiger partial charge in [0.25, 0.3) is 0 Å². The number of nitrogens with zero attached hydrogens (tertiary/aromatic N) is 1. The Morgan fingerprint density at radius 1 is 1.29 bits per heavy atom. The highest BCUT2D eigenvalue weighted by molar-refractivity contribution is 6.31. The zero-order chi connectivity index (χ0) is 15.0. The van der Waals surface area contributed by atoms with Crippen LogP contribution in [0, 0.1) is 5.92 Å². The van der Waals surface area contributed by atoms with Gasteiger partial charge in [-0.15, -0.1) is 0 Å². The van der Waals surface area contributed by atoms with Crippen molar-refractivity contribution in [3.05, 3.63) is 34.9 Å². The van der Waals surface area contributed by atoms with Crippen molar-refractivity contribution in [1.29, 1.82) is 0 Å². The summed E-state index contributed by atoms with van der Waals surface area (Å²) in [4.78, 5) is 15.0. The summed E-state index contributed by atoms with van der Waals surface area (Å²) in [7, 11) is 0. The Morgan fingerprint density at radius 2 is 2.00 bits per heavy atom. The fourth-order valence-corrected chi connectivity index (χ4v) is 3.75. The first-order chi connectivity index (χ1) is 10.1. The lowest BCUT2D eigenvalue weighted by Crippen LogP contribution is -2.39. The van der Waals surface area contributed by atoms with E-state index >= 15 is 0 Å². The molecule has 0 radical (unpaired) electrons. The van der Waals surface area contributed by atoms with Gasteiger partial charge >= 0.3 is 0 Å². The van der Waals surface area contributed by atoms with E-state index in [0.717, 1.165) is 42.7 Å². The molecule has 4 heteroatoms. The van der Waals surface area contributed by atoms with E-state index in [9.17, 15) is 4.79 Å². The molecule has 114 valence electrons. The van der Waals surface area contributed by atoms with Gasteiger partial charge in [0.05, 0.1) is 6.04 Å². The second-order valence-electron chi connectivity index (χ2n) is 6.44. The summed E-state index contributed by atoms with van der Waals surface area (Å²) in [6.07, 6.45) is 4.95. The van der Waals surface area contributed by atoms with Gasteiger partial charge in [-0.1, -0.05) is 29.8 Å². The number of halogens is 1. The lowest BCUT2D eigenvalue weighted by Gasteiger charge is -2.32. The molecule has 0 spiro atoms. The zero-order valence-corrected chi connectivity index (χ0v) is 13.2. The SMILES string of the molecule is C[C@H](c1ccccc1Cl)N(C(=O)[C@@H]1CC[C@H](N)C1)C1CC1. The van der Waals surface area contributed by atoms with E-state index in [4.69, 9.17) is 17.3 Å². The molecule has 2 fully saturated rings. The van der Waals surface area contributed by atoms with Crippen molar-refractivity contribution in [2.75, 3.05) is 0 Å². The monoisotopic (exact) mass is 306 g/mol. The van der Waals surface area contributed by atoms with E-state index in [1.165, 1.54) is 0 Å². The minimum Gasteiger partial charge on any atom is -0.333 e. The highest BCUT2D eigenvalue weighted by Crippen LogP contribution is 2.39. The first-order valence-electron chi connectivity index (χ1n) is 7.90. The Kier molecular flexibility index (Phi) is 4.23. The van der Waals surface area contributed by atoms with Gasteiger partial charge in [0.15, 0.2) is 0 Å². The number of rotatable bonds is 4. The topological polar surface area (TPSA) is 46.3 Å². The average molecular weight is 307 g/mol. The molecule has 0 saturated heterocycles. The third-order valence-corrected chi connectivity index (χ3v) is 5.13. The number of amides is 1. The minimum absolute atomic E-state index is 0.0375. The lowest BCUT2D eigenvalue weighted by atomic mass is 10.0. The second kappa shape index (κ2) is 5.98. The molecule has 3 rings (SSSR count). The molecule has 3 atom stereocenters. The molecule has 0 unspecified atom stereocenters. The van der Waals surface area contributed by atoms with Crippen molar-refractivity contribution in [2.45, 2.75) is 57.2 Å². The summed E-state index contributed by atoms with van der Waals surface area (Å²) < 4.78 is 0. The Hall–Kier alpha value is -1.06. The molecule has 0 aliphatic heterocycles. The third kappa shape index (κ3) is 3.09. The van der Waals surface area contributed by atoms with Crippen LogP contribution in [0.5, 0.6) is 0 Å². The van der Waals surface area contributed by atoms with Gasteiger partial charge < -0.3 is 10.6 Å². The second-order valence-corrected chi connectivity index (χ2v) is 6.85. The summed E-state index contributed by atoms with van der Waals surface area (Å²) in [5, 5.41) is 0.742. The summed E-state index contributed by atoms with van der Waals surface area (Å²) >= 11 is 6.32. The maximum absolute atomic E-state index is 12.9. The van der Waals surface area contributed by atoms with E-state index in [1.54, 1.807) is 0 Å². The van der Waals surface area contributed by atoms with Crippen molar-refractivity contribution < 1.29 is 4.79 Å². The molecule has 2 aliphatic rings. The molecule has 1 amide bonds. The van der Waals surface area contributed by atoms with Crippen molar-refractivity contribution in [2.24, 2.45) is 11.7 Å².